The molecule has 9 rings (SSSR count). The molecule has 0 saturated carbocycles. The number of hydrogen-bond donors (Lipinski definition) is 5. The molecule has 2 amide bonds. The lowest BCUT2D eigenvalue weighted by Gasteiger charge is -2.38. The Labute approximate surface area is 445 Å². The minimum atomic E-state index is -1.21. The number of aromatic nitrogens is 9. The van der Waals surface area contributed by atoms with Gasteiger partial charge in [0.15, 0.2) is 5.43 Å². The van der Waals surface area contributed by atoms with Crippen molar-refractivity contribution in [3.8, 4) is 28.2 Å². The van der Waals surface area contributed by atoms with E-state index in [0.717, 1.165) is 49.9 Å². The number of phenolic OH excluding ortho intramolecular Hbond substituents is 1. The summed E-state index contributed by atoms with van der Waals surface area (Å²) in [4.78, 5) is 77.0. The van der Waals surface area contributed by atoms with Gasteiger partial charge < -0.3 is 51.0 Å². The van der Waals surface area contributed by atoms with Gasteiger partial charge in [0, 0.05) is 99.1 Å². The van der Waals surface area contributed by atoms with Gasteiger partial charge in [0.1, 0.15) is 29.2 Å². The van der Waals surface area contributed by atoms with Crippen LogP contribution in [0.1, 0.15) is 93.6 Å². The number of aryl methyl sites for hydroxylation is 2. The summed E-state index contributed by atoms with van der Waals surface area (Å²) < 4.78 is 9.44. The van der Waals surface area contributed by atoms with Gasteiger partial charge in [-0.25, -0.2) is 14.2 Å². The molecule has 5 aromatic rings. The van der Waals surface area contributed by atoms with E-state index in [-0.39, 0.29) is 57.7 Å². The van der Waals surface area contributed by atoms with E-state index in [4.69, 9.17) is 30.8 Å². The fourth-order valence-corrected chi connectivity index (χ4v) is 10.2. The number of phenols is 1. The van der Waals surface area contributed by atoms with Gasteiger partial charge in [-0.15, -0.1) is 10.2 Å². The molecule has 77 heavy (non-hydrogen) atoms. The van der Waals surface area contributed by atoms with Crippen molar-refractivity contribution in [2.75, 3.05) is 80.6 Å². The number of unbranched alkanes of at least 4 members (excludes halogenated alkanes) is 1. The monoisotopic (exact) mass is 1050 g/mol. The number of nitrogens with two attached hydrogens (primary N) is 2. The molecular formula is C54H68N16O7. The normalized spacial score (nSPS) is 15.7. The Bertz CT molecular complexity index is 3230. The number of fused-ring (bicyclic) bond motifs is 2. The van der Waals surface area contributed by atoms with E-state index < -0.39 is 18.1 Å². The number of hydrogen-bond acceptors (Lipinski definition) is 18. The highest BCUT2D eigenvalue weighted by molar-refractivity contribution is 6.08. The van der Waals surface area contributed by atoms with Gasteiger partial charge in [0.2, 0.25) is 29.7 Å². The first-order chi connectivity index (χ1) is 37.3. The quantitative estimate of drug-likeness (QED) is 0.0460. The Balaban J connectivity index is 1.00. The largest absolute Gasteiger partial charge is 0.508 e. The number of piperazine rings is 2. The Hall–Kier alpha value is -8.05. The maximum Gasteiger partial charge on any atom is 0.336 e. The summed E-state index contributed by atoms with van der Waals surface area (Å²) in [5.41, 5.74) is 14.7. The van der Waals surface area contributed by atoms with Crippen LogP contribution in [-0.2, 0) is 22.4 Å². The fraction of sp³-hybridized carbons (Fsp3) is 0.463. The van der Waals surface area contributed by atoms with Crippen LogP contribution in [0.3, 0.4) is 0 Å². The van der Waals surface area contributed by atoms with E-state index in [1.54, 1.807) is 33.6 Å². The number of anilines is 4. The zero-order valence-electron chi connectivity index (χ0n) is 44.1. The van der Waals surface area contributed by atoms with Crippen LogP contribution in [0, 0.1) is 11.8 Å². The highest BCUT2D eigenvalue weighted by Crippen LogP contribution is 2.43. The van der Waals surface area contributed by atoms with Crippen molar-refractivity contribution in [1.82, 2.24) is 54.7 Å². The molecule has 3 aliphatic heterocycles. The van der Waals surface area contributed by atoms with Crippen LogP contribution < -0.4 is 32.0 Å². The fourth-order valence-electron chi connectivity index (χ4n) is 10.2. The summed E-state index contributed by atoms with van der Waals surface area (Å²) in [6.07, 6.45) is 9.22. The van der Waals surface area contributed by atoms with E-state index in [9.17, 15) is 29.4 Å². The highest BCUT2D eigenvalue weighted by Gasteiger charge is 2.36. The minimum absolute atomic E-state index is 0.00322. The van der Waals surface area contributed by atoms with Gasteiger partial charge in [-0.2, -0.15) is 15.0 Å². The Morgan fingerprint density at radius 2 is 1.25 bits per heavy atom. The maximum absolute atomic E-state index is 14.4. The van der Waals surface area contributed by atoms with Gasteiger partial charge in [0.05, 0.1) is 17.0 Å². The lowest BCUT2D eigenvalue weighted by Crippen LogP contribution is -2.52. The molecule has 2 fully saturated rings. The van der Waals surface area contributed by atoms with Crippen LogP contribution in [0.2, 0.25) is 0 Å². The highest BCUT2D eigenvalue weighted by atomic mass is 16.4. The second-order valence-electron chi connectivity index (χ2n) is 20.1. The number of rotatable bonds is 21. The topological polar surface area (TPSA) is 299 Å². The van der Waals surface area contributed by atoms with Gasteiger partial charge >= 0.3 is 5.97 Å². The summed E-state index contributed by atoms with van der Waals surface area (Å²) in [6, 6.07) is 12.7. The number of nitrogens with one attached hydrogen (secondary N) is 1. The Morgan fingerprint density at radius 3 is 1.79 bits per heavy atom. The number of carbonyl (C=O) groups excluding carboxylic acids is 2. The van der Waals surface area contributed by atoms with E-state index in [0.29, 0.717) is 112 Å². The first-order valence-corrected chi connectivity index (χ1v) is 26.7. The van der Waals surface area contributed by atoms with Crippen molar-refractivity contribution in [3.63, 3.8) is 0 Å². The van der Waals surface area contributed by atoms with Crippen LogP contribution in [0.5, 0.6) is 5.75 Å². The zero-order valence-corrected chi connectivity index (χ0v) is 44.1. The minimum Gasteiger partial charge on any atom is -0.508 e. The van der Waals surface area contributed by atoms with Crippen LogP contribution in [-0.4, -0.2) is 148 Å². The van der Waals surface area contributed by atoms with Gasteiger partial charge in [-0.1, -0.05) is 57.0 Å². The third-order valence-electron chi connectivity index (χ3n) is 14.9. The smallest absolute Gasteiger partial charge is 0.336 e. The lowest BCUT2D eigenvalue weighted by atomic mass is 9.90. The third-order valence-corrected chi connectivity index (χ3v) is 14.9. The molecule has 7 N–H and O–H groups in total. The molecule has 6 heterocycles. The lowest BCUT2D eigenvalue weighted by molar-refractivity contribution is -0.137. The average Bonchev–Trinajstić information content (AvgIpc) is 4.13. The second-order valence-corrected chi connectivity index (χ2v) is 20.1. The van der Waals surface area contributed by atoms with E-state index in [2.05, 4.69) is 46.7 Å². The van der Waals surface area contributed by atoms with E-state index in [1.807, 2.05) is 38.9 Å². The number of aromatic carboxylic acids is 1. The molecule has 406 valence electrons. The van der Waals surface area contributed by atoms with E-state index in [1.165, 1.54) is 30.3 Å². The average molecular weight is 1050 g/mol. The molecule has 3 aromatic heterocycles. The first kappa shape index (κ1) is 53.8. The molecule has 23 heteroatoms. The summed E-state index contributed by atoms with van der Waals surface area (Å²) in [6.45, 7) is 12.5. The van der Waals surface area contributed by atoms with E-state index >= 15 is 0 Å². The molecule has 4 atom stereocenters. The molecule has 23 nitrogen and oxygen atoms in total. The summed E-state index contributed by atoms with van der Waals surface area (Å²) in [5, 5.41) is 42.4. The van der Waals surface area contributed by atoms with Gasteiger partial charge in [-0.3, -0.25) is 14.4 Å². The number of benzene rings is 3. The molecule has 2 saturated heterocycles. The van der Waals surface area contributed by atoms with Crippen molar-refractivity contribution in [3.05, 3.63) is 94.2 Å². The van der Waals surface area contributed by atoms with Gasteiger partial charge in [-0.05, 0) is 99.0 Å². The number of nitrogens with zero attached hydrogens (tertiary/aromatic N) is 13. The summed E-state index contributed by atoms with van der Waals surface area (Å²) in [5.74, 6) is -0.261. The third kappa shape index (κ3) is 11.8. The first-order valence-electron chi connectivity index (χ1n) is 26.7. The second kappa shape index (κ2) is 23.9. The van der Waals surface area contributed by atoms with Gasteiger partial charge in [0.25, 0.3) is 0 Å². The molecule has 1 aliphatic carbocycles. The standard InChI is InChI=1S/C54H68N16O7/c1-5-33(3)47(69-31-36(61-63-69)10-7-8-18-55)49(73)65-20-24-67(25-21-65)53-58-52(59-54(60-53)68-26-22-66(23-27-68)50(74)48(34(4)6-2)70-32-37(62-64-70)11-9-19-56)57-35-12-15-40(43(28-35)51(75)76)46-41-16-13-38(71)29-44(41)77-45-30-39(72)14-17-42(45)46/h12-17,28-34,47-48,71H,5-11,18-27,55-56H2,1-4H3,(H,75,76)(H,57,58,59,60)/t33-,34-,47-,48-/m0/s1. The molecule has 0 radical (unpaired) electrons. The van der Waals surface area contributed by atoms with Crippen LogP contribution >= 0.6 is 0 Å². The molecule has 0 spiro atoms. The number of carbonyl (C=O) groups is 3. The van der Waals surface area contributed by atoms with Crippen molar-refractivity contribution in [2.45, 2.75) is 84.7 Å². The van der Waals surface area contributed by atoms with Crippen LogP contribution in [0.25, 0.3) is 33.4 Å². The SMILES string of the molecule is CC[C@H](C)[C@@H](C(=O)N1CCN(c2nc(Nc3ccc(-c4c5ccc(=O)cc-5oc5cc(O)ccc45)c(C(=O)O)c3)nc(N3CCN(C(=O)[C@H]([C@@H](C)CC)n4cc(CCCCN)nn4)CC3)n2)CC1)n1cc(CCCN)nn1. The predicted molar refractivity (Wildman–Crippen MR) is 290 cm³/mol. The Kier molecular flexibility index (Phi) is 16.7. The van der Waals surface area contributed by atoms with Crippen LogP contribution in [0.4, 0.5) is 23.5 Å². The summed E-state index contributed by atoms with van der Waals surface area (Å²) >= 11 is 0. The van der Waals surface area contributed by atoms with Crippen LogP contribution in [0.15, 0.2) is 76.2 Å². The predicted octanol–water partition coefficient (Wildman–Crippen LogP) is 5.12. The van der Waals surface area contributed by atoms with Crippen molar-refractivity contribution in [2.24, 2.45) is 23.3 Å². The van der Waals surface area contributed by atoms with Crippen molar-refractivity contribution >= 4 is 52.3 Å². The zero-order chi connectivity index (χ0) is 54.3. The van der Waals surface area contributed by atoms with Crippen molar-refractivity contribution in [1.29, 1.82) is 0 Å². The van der Waals surface area contributed by atoms with Crippen molar-refractivity contribution < 1.29 is 29.0 Å². The number of amides is 2. The number of carboxylic acid groups (broad SMARTS) is 1. The molecule has 2 aromatic carbocycles. The summed E-state index contributed by atoms with van der Waals surface area (Å²) in [7, 11) is 0. The molecular weight excluding hydrogens is 985 g/mol. The Morgan fingerprint density at radius 1 is 0.688 bits per heavy atom. The molecule has 0 bridgehead atoms. The molecule has 0 unspecified atom stereocenters. The maximum atomic E-state index is 14.4. The number of aromatic hydroxyl groups is 1. The number of carboxylic acids is 1. The molecule has 4 aliphatic rings.